The number of amides is 2. The van der Waals surface area contributed by atoms with Crippen LogP contribution in [0.25, 0.3) is 0 Å². The molecule has 196 valence electrons. The fourth-order valence-corrected chi connectivity index (χ4v) is 4.02. The molecule has 0 aliphatic carbocycles. The van der Waals surface area contributed by atoms with Gasteiger partial charge in [-0.3, -0.25) is 9.59 Å². The molecule has 3 aromatic carbocycles. The van der Waals surface area contributed by atoms with Crippen LogP contribution >= 0.6 is 0 Å². The van der Waals surface area contributed by atoms with Gasteiger partial charge in [0.15, 0.2) is 6.61 Å². The highest BCUT2D eigenvalue weighted by molar-refractivity contribution is 5.88. The number of nitrogens with zero attached hydrogens (tertiary/aromatic N) is 1. The van der Waals surface area contributed by atoms with Gasteiger partial charge in [-0.1, -0.05) is 81.4 Å². The molecule has 0 fully saturated rings. The lowest BCUT2D eigenvalue weighted by Gasteiger charge is -2.32. The lowest BCUT2D eigenvalue weighted by Crippen LogP contribution is -2.53. The molecule has 6 heteroatoms. The molecular formula is C31H37FN2O3. The van der Waals surface area contributed by atoms with Gasteiger partial charge in [0, 0.05) is 24.6 Å². The van der Waals surface area contributed by atoms with Crippen molar-refractivity contribution in [1.29, 1.82) is 0 Å². The molecule has 0 spiro atoms. The number of hydrogen-bond donors (Lipinski definition) is 1. The molecule has 5 nitrogen and oxygen atoms in total. The van der Waals surface area contributed by atoms with Crippen molar-refractivity contribution in [2.45, 2.75) is 65.1 Å². The molecule has 0 bridgehead atoms. The van der Waals surface area contributed by atoms with Crippen molar-refractivity contribution in [3.63, 3.8) is 0 Å². The maximum absolute atomic E-state index is 14.6. The van der Waals surface area contributed by atoms with Crippen molar-refractivity contribution in [1.82, 2.24) is 10.2 Å². The number of rotatable bonds is 10. The van der Waals surface area contributed by atoms with Gasteiger partial charge < -0.3 is 15.0 Å². The quantitative estimate of drug-likeness (QED) is 0.387. The van der Waals surface area contributed by atoms with Gasteiger partial charge in [-0.05, 0) is 48.6 Å². The van der Waals surface area contributed by atoms with E-state index in [9.17, 15) is 14.0 Å². The number of halogens is 1. The third-order valence-electron chi connectivity index (χ3n) is 6.08. The van der Waals surface area contributed by atoms with Crippen molar-refractivity contribution in [2.75, 3.05) is 6.61 Å². The smallest absolute Gasteiger partial charge is 0.261 e. The molecule has 0 radical (unpaired) electrons. The van der Waals surface area contributed by atoms with Crippen LogP contribution in [-0.2, 0) is 28.0 Å². The summed E-state index contributed by atoms with van der Waals surface area (Å²) in [6.07, 6.45) is 0.292. The monoisotopic (exact) mass is 504 g/mol. The number of ether oxygens (including phenoxy) is 1. The van der Waals surface area contributed by atoms with E-state index in [0.717, 1.165) is 11.1 Å². The minimum Gasteiger partial charge on any atom is -0.484 e. The summed E-state index contributed by atoms with van der Waals surface area (Å²) >= 11 is 0. The molecule has 0 saturated carbocycles. The molecule has 1 N–H and O–H groups in total. The Hall–Kier alpha value is -3.67. The third-order valence-corrected chi connectivity index (χ3v) is 6.08. The van der Waals surface area contributed by atoms with Crippen LogP contribution in [0.5, 0.6) is 5.75 Å². The second kappa shape index (κ2) is 12.5. The van der Waals surface area contributed by atoms with Crippen LogP contribution in [0.2, 0.25) is 0 Å². The van der Waals surface area contributed by atoms with E-state index in [1.165, 1.54) is 11.0 Å². The number of hydrogen-bond acceptors (Lipinski definition) is 3. The summed E-state index contributed by atoms with van der Waals surface area (Å²) in [5, 5.41) is 2.93. The van der Waals surface area contributed by atoms with E-state index in [2.05, 4.69) is 26.1 Å². The van der Waals surface area contributed by atoms with Gasteiger partial charge in [-0.15, -0.1) is 0 Å². The second-order valence-electron chi connectivity index (χ2n) is 10.5. The molecule has 0 heterocycles. The van der Waals surface area contributed by atoms with Crippen molar-refractivity contribution in [3.8, 4) is 5.75 Å². The summed E-state index contributed by atoms with van der Waals surface area (Å²) in [5.74, 6) is -0.568. The van der Waals surface area contributed by atoms with Crippen LogP contribution < -0.4 is 10.1 Å². The molecule has 0 saturated heterocycles. The van der Waals surface area contributed by atoms with E-state index >= 15 is 0 Å². The Morgan fingerprint density at radius 2 is 1.54 bits per heavy atom. The Labute approximate surface area is 219 Å². The van der Waals surface area contributed by atoms with E-state index in [1.54, 1.807) is 18.2 Å². The molecule has 0 aromatic heterocycles. The lowest BCUT2D eigenvalue weighted by atomic mass is 9.87. The maximum Gasteiger partial charge on any atom is 0.261 e. The van der Waals surface area contributed by atoms with Crippen molar-refractivity contribution in [2.24, 2.45) is 0 Å². The summed E-state index contributed by atoms with van der Waals surface area (Å²) in [5.41, 5.74) is 2.39. The Morgan fingerprint density at radius 1 is 0.919 bits per heavy atom. The number of carbonyl (C=O) groups excluding carboxylic acids is 2. The SMILES string of the molecule is CC(C)NC(=O)C(Cc1ccccc1)N(Cc1ccccc1F)C(=O)COc1ccc(C(C)(C)C)cc1. The Balaban J connectivity index is 1.89. The largest absolute Gasteiger partial charge is 0.484 e. The fraction of sp³-hybridized carbons (Fsp3) is 0.355. The Morgan fingerprint density at radius 3 is 2.14 bits per heavy atom. The normalized spacial score (nSPS) is 12.2. The second-order valence-corrected chi connectivity index (χ2v) is 10.5. The fourth-order valence-electron chi connectivity index (χ4n) is 4.02. The Kier molecular flexibility index (Phi) is 9.45. The topological polar surface area (TPSA) is 58.6 Å². The van der Waals surface area contributed by atoms with Gasteiger partial charge in [0.2, 0.25) is 5.91 Å². The standard InChI is InChI=1S/C31H37FN2O3/c1-22(2)33-30(36)28(19-23-11-7-6-8-12-23)34(20-24-13-9-10-14-27(24)32)29(35)21-37-26-17-15-25(16-18-26)31(3,4)5/h6-18,22,28H,19-21H2,1-5H3,(H,33,36). The first-order valence-electron chi connectivity index (χ1n) is 12.6. The van der Waals surface area contributed by atoms with Crippen LogP contribution in [-0.4, -0.2) is 35.4 Å². The lowest BCUT2D eigenvalue weighted by molar-refractivity contribution is -0.143. The zero-order valence-electron chi connectivity index (χ0n) is 22.3. The van der Waals surface area contributed by atoms with Crippen LogP contribution in [0, 0.1) is 5.82 Å². The first-order valence-corrected chi connectivity index (χ1v) is 12.6. The predicted octanol–water partition coefficient (Wildman–Crippen LogP) is 5.67. The summed E-state index contributed by atoms with van der Waals surface area (Å²) in [7, 11) is 0. The highest BCUT2D eigenvalue weighted by Crippen LogP contribution is 2.24. The molecule has 3 aromatic rings. The van der Waals surface area contributed by atoms with Gasteiger partial charge in [-0.25, -0.2) is 4.39 Å². The maximum atomic E-state index is 14.6. The zero-order chi connectivity index (χ0) is 27.0. The first-order chi connectivity index (χ1) is 17.5. The summed E-state index contributed by atoms with van der Waals surface area (Å²) in [6, 6.07) is 22.5. The Bertz CT molecular complexity index is 1170. The summed E-state index contributed by atoms with van der Waals surface area (Å²) in [6.45, 7) is 9.78. The number of benzene rings is 3. The number of carbonyl (C=O) groups is 2. The van der Waals surface area contributed by atoms with Crippen LogP contribution in [0.4, 0.5) is 4.39 Å². The van der Waals surface area contributed by atoms with Gasteiger partial charge >= 0.3 is 0 Å². The van der Waals surface area contributed by atoms with Gasteiger partial charge in [0.25, 0.3) is 5.91 Å². The first kappa shape index (κ1) is 27.9. The van der Waals surface area contributed by atoms with Crippen molar-refractivity contribution < 1.29 is 18.7 Å². The minimum absolute atomic E-state index is 0.000654. The van der Waals surface area contributed by atoms with Crippen LogP contribution in [0.3, 0.4) is 0 Å². The minimum atomic E-state index is -0.844. The summed E-state index contributed by atoms with van der Waals surface area (Å²) in [4.78, 5) is 28.3. The molecule has 2 amide bonds. The molecule has 0 aliphatic heterocycles. The molecule has 37 heavy (non-hydrogen) atoms. The van der Waals surface area contributed by atoms with E-state index in [4.69, 9.17) is 4.74 Å². The van der Waals surface area contributed by atoms with Crippen molar-refractivity contribution >= 4 is 11.8 Å². The van der Waals surface area contributed by atoms with Crippen LogP contribution in [0.15, 0.2) is 78.9 Å². The van der Waals surface area contributed by atoms with Crippen molar-refractivity contribution in [3.05, 3.63) is 101 Å². The average Bonchev–Trinajstić information content (AvgIpc) is 2.85. The van der Waals surface area contributed by atoms with E-state index < -0.39 is 17.8 Å². The zero-order valence-corrected chi connectivity index (χ0v) is 22.3. The third kappa shape index (κ3) is 8.17. The average molecular weight is 505 g/mol. The van der Waals surface area contributed by atoms with Gasteiger partial charge in [0.05, 0.1) is 0 Å². The van der Waals surface area contributed by atoms with E-state index in [-0.39, 0.29) is 30.5 Å². The highest BCUT2D eigenvalue weighted by Gasteiger charge is 2.31. The van der Waals surface area contributed by atoms with Gasteiger partial charge in [-0.2, -0.15) is 0 Å². The molecule has 0 aliphatic rings. The van der Waals surface area contributed by atoms with E-state index in [0.29, 0.717) is 17.7 Å². The highest BCUT2D eigenvalue weighted by atomic mass is 19.1. The molecule has 3 rings (SSSR count). The van der Waals surface area contributed by atoms with Crippen LogP contribution in [0.1, 0.15) is 51.3 Å². The predicted molar refractivity (Wildman–Crippen MR) is 145 cm³/mol. The van der Waals surface area contributed by atoms with Gasteiger partial charge in [0.1, 0.15) is 17.6 Å². The molecular weight excluding hydrogens is 467 g/mol. The van der Waals surface area contributed by atoms with E-state index in [1.807, 2.05) is 68.4 Å². The number of nitrogens with one attached hydrogen (secondary N) is 1. The summed E-state index contributed by atoms with van der Waals surface area (Å²) < 4.78 is 20.5. The molecule has 1 unspecified atom stereocenters. The molecule has 1 atom stereocenters.